The van der Waals surface area contributed by atoms with E-state index in [-0.39, 0.29) is 0 Å². The molecule has 3 heterocycles. The van der Waals surface area contributed by atoms with E-state index in [2.05, 4.69) is 49.2 Å². The van der Waals surface area contributed by atoms with Crippen LogP contribution in [0.4, 0.5) is 11.5 Å². The van der Waals surface area contributed by atoms with E-state index in [4.69, 9.17) is 4.52 Å². The van der Waals surface area contributed by atoms with E-state index in [9.17, 15) is 0 Å². The fourth-order valence-corrected chi connectivity index (χ4v) is 3.94. The van der Waals surface area contributed by atoms with Gasteiger partial charge in [-0.05, 0) is 31.0 Å². The van der Waals surface area contributed by atoms with Crippen molar-refractivity contribution in [1.82, 2.24) is 20.0 Å². The second-order valence-corrected chi connectivity index (χ2v) is 8.05. The molecule has 0 amide bonds. The molecule has 1 aliphatic heterocycles. The summed E-state index contributed by atoms with van der Waals surface area (Å²) in [5, 5.41) is 5.36. The van der Waals surface area contributed by atoms with Crippen molar-refractivity contribution in [2.24, 2.45) is 0 Å². The number of anilines is 2. The fourth-order valence-electron chi connectivity index (χ4n) is 3.94. The molecule has 0 N–H and O–H groups in total. The summed E-state index contributed by atoms with van der Waals surface area (Å²) in [5.74, 6) is 2.66. The highest BCUT2D eigenvalue weighted by atomic mass is 16.5. The van der Waals surface area contributed by atoms with Crippen LogP contribution in [0.1, 0.15) is 30.2 Å². The highest BCUT2D eigenvalue weighted by molar-refractivity contribution is 5.91. The van der Waals surface area contributed by atoms with E-state index < -0.39 is 0 Å². The van der Waals surface area contributed by atoms with Crippen LogP contribution >= 0.6 is 0 Å². The number of fused-ring (bicyclic) bond motifs is 1. The van der Waals surface area contributed by atoms with Gasteiger partial charge in [0.2, 0.25) is 0 Å². The van der Waals surface area contributed by atoms with Gasteiger partial charge in [0.1, 0.15) is 17.9 Å². The number of benzene rings is 1. The molecule has 0 unspecified atom stereocenters. The lowest BCUT2D eigenvalue weighted by molar-refractivity contribution is 0.241. The third-order valence-corrected chi connectivity index (χ3v) is 5.70. The number of piperazine rings is 1. The van der Waals surface area contributed by atoms with E-state index >= 15 is 0 Å². The van der Waals surface area contributed by atoms with Gasteiger partial charge >= 0.3 is 0 Å². The monoisotopic (exact) mass is 378 g/mol. The molecule has 0 spiro atoms. The Morgan fingerprint density at radius 2 is 1.89 bits per heavy atom. The molecule has 28 heavy (non-hydrogen) atoms. The van der Waals surface area contributed by atoms with Crippen LogP contribution in [0.25, 0.3) is 10.9 Å². The van der Waals surface area contributed by atoms with Crippen molar-refractivity contribution in [3.63, 3.8) is 0 Å². The molecule has 1 saturated heterocycles. The number of hydrogen-bond donors (Lipinski definition) is 0. The summed E-state index contributed by atoms with van der Waals surface area (Å²) >= 11 is 0. The van der Waals surface area contributed by atoms with Crippen molar-refractivity contribution in [3.05, 3.63) is 42.0 Å². The molecule has 5 rings (SSSR count). The maximum atomic E-state index is 5.49. The van der Waals surface area contributed by atoms with Crippen LogP contribution in [0.15, 0.2) is 35.1 Å². The lowest BCUT2D eigenvalue weighted by Crippen LogP contribution is -2.46. The minimum Gasteiger partial charge on any atom is -0.369 e. The minimum atomic E-state index is 0.627. The van der Waals surface area contributed by atoms with Gasteiger partial charge in [0, 0.05) is 69.9 Å². The minimum absolute atomic E-state index is 0.627. The molecule has 3 aromatic rings. The van der Waals surface area contributed by atoms with Crippen molar-refractivity contribution < 1.29 is 4.52 Å². The molecule has 146 valence electrons. The number of nitrogens with zero attached hydrogens (tertiary/aromatic N) is 6. The van der Waals surface area contributed by atoms with Gasteiger partial charge in [-0.3, -0.25) is 4.90 Å². The highest BCUT2D eigenvalue weighted by Crippen LogP contribution is 2.40. The summed E-state index contributed by atoms with van der Waals surface area (Å²) < 4.78 is 5.49. The van der Waals surface area contributed by atoms with Crippen LogP contribution in [-0.4, -0.2) is 60.3 Å². The molecule has 2 aromatic heterocycles. The Bertz CT molecular complexity index is 972. The largest absolute Gasteiger partial charge is 0.369 e. The van der Waals surface area contributed by atoms with Crippen LogP contribution in [0, 0.1) is 0 Å². The Morgan fingerprint density at radius 1 is 1.07 bits per heavy atom. The molecular formula is C21H26N6O. The highest BCUT2D eigenvalue weighted by Gasteiger charge is 2.28. The van der Waals surface area contributed by atoms with Crippen LogP contribution in [0.3, 0.4) is 0 Å². The Balaban J connectivity index is 1.26. The van der Waals surface area contributed by atoms with E-state index in [0.717, 1.165) is 60.9 Å². The van der Waals surface area contributed by atoms with E-state index in [1.807, 2.05) is 19.0 Å². The Morgan fingerprint density at radius 3 is 2.64 bits per heavy atom. The lowest BCUT2D eigenvalue weighted by Gasteiger charge is -2.35. The van der Waals surface area contributed by atoms with Crippen molar-refractivity contribution in [3.8, 4) is 0 Å². The molecule has 7 heteroatoms. The molecule has 0 bridgehead atoms. The average molecular weight is 378 g/mol. The quantitative estimate of drug-likeness (QED) is 0.676. The third-order valence-electron chi connectivity index (χ3n) is 5.70. The van der Waals surface area contributed by atoms with Gasteiger partial charge in [-0.1, -0.05) is 5.16 Å². The van der Waals surface area contributed by atoms with E-state index in [1.165, 1.54) is 18.5 Å². The maximum absolute atomic E-state index is 5.49. The Kier molecular flexibility index (Phi) is 4.39. The number of hydrogen-bond acceptors (Lipinski definition) is 7. The predicted octanol–water partition coefficient (Wildman–Crippen LogP) is 2.88. The zero-order chi connectivity index (χ0) is 19.1. The van der Waals surface area contributed by atoms with Crippen molar-refractivity contribution in [2.75, 3.05) is 50.1 Å². The van der Waals surface area contributed by atoms with Gasteiger partial charge < -0.3 is 14.3 Å². The SMILES string of the molecule is CN(C)c1ncnc2ccc(N3CCN(Cc4cc(C5CC5)on4)CC3)cc12. The van der Waals surface area contributed by atoms with Gasteiger partial charge in [-0.25, -0.2) is 9.97 Å². The van der Waals surface area contributed by atoms with Crippen LogP contribution in [0.5, 0.6) is 0 Å². The molecule has 1 saturated carbocycles. The van der Waals surface area contributed by atoms with Crippen molar-refractivity contribution in [1.29, 1.82) is 0 Å². The third kappa shape index (κ3) is 3.42. The van der Waals surface area contributed by atoms with Crippen molar-refractivity contribution >= 4 is 22.4 Å². The maximum Gasteiger partial charge on any atom is 0.140 e. The Labute approximate surface area is 164 Å². The molecule has 1 aromatic carbocycles. The zero-order valence-corrected chi connectivity index (χ0v) is 16.5. The van der Waals surface area contributed by atoms with E-state index in [1.54, 1.807) is 6.33 Å². The summed E-state index contributed by atoms with van der Waals surface area (Å²) in [7, 11) is 4.04. The second kappa shape index (κ2) is 7.05. The molecule has 7 nitrogen and oxygen atoms in total. The first kappa shape index (κ1) is 17.4. The van der Waals surface area contributed by atoms with Crippen molar-refractivity contribution in [2.45, 2.75) is 25.3 Å². The van der Waals surface area contributed by atoms with Gasteiger partial charge in [-0.2, -0.15) is 0 Å². The molecule has 1 aliphatic carbocycles. The average Bonchev–Trinajstić information content (AvgIpc) is 3.47. The molecular weight excluding hydrogens is 352 g/mol. The normalized spacial score (nSPS) is 18.0. The molecule has 2 fully saturated rings. The summed E-state index contributed by atoms with van der Waals surface area (Å²) in [6.07, 6.45) is 4.13. The Hall–Kier alpha value is -2.67. The van der Waals surface area contributed by atoms with Gasteiger partial charge in [0.15, 0.2) is 0 Å². The molecule has 2 aliphatic rings. The lowest BCUT2D eigenvalue weighted by atomic mass is 10.1. The second-order valence-electron chi connectivity index (χ2n) is 8.05. The predicted molar refractivity (Wildman–Crippen MR) is 110 cm³/mol. The summed E-state index contributed by atoms with van der Waals surface area (Å²) in [6, 6.07) is 8.64. The summed E-state index contributed by atoms with van der Waals surface area (Å²) in [5.41, 5.74) is 3.29. The number of rotatable bonds is 5. The summed E-state index contributed by atoms with van der Waals surface area (Å²) in [4.78, 5) is 15.8. The van der Waals surface area contributed by atoms with Crippen LogP contribution in [-0.2, 0) is 6.54 Å². The molecule has 0 radical (unpaired) electrons. The first-order valence-electron chi connectivity index (χ1n) is 10.0. The topological polar surface area (TPSA) is 61.5 Å². The van der Waals surface area contributed by atoms with Crippen LogP contribution in [0.2, 0.25) is 0 Å². The van der Waals surface area contributed by atoms with Crippen LogP contribution < -0.4 is 9.80 Å². The van der Waals surface area contributed by atoms with Gasteiger partial charge in [-0.15, -0.1) is 0 Å². The fraction of sp³-hybridized carbons (Fsp3) is 0.476. The van der Waals surface area contributed by atoms with Gasteiger partial charge in [0.05, 0.1) is 11.2 Å². The van der Waals surface area contributed by atoms with E-state index in [0.29, 0.717) is 5.92 Å². The smallest absolute Gasteiger partial charge is 0.140 e. The standard InChI is InChI=1S/C21H26N6O/c1-25(2)21-18-12-17(5-6-19(18)22-14-23-21)27-9-7-26(8-10-27)13-16-11-20(28-24-16)15-3-4-15/h5-6,11-12,14-15H,3-4,7-10,13H2,1-2H3. The zero-order valence-electron chi connectivity index (χ0n) is 16.5. The summed E-state index contributed by atoms with van der Waals surface area (Å²) in [6.45, 7) is 4.93. The first-order chi connectivity index (χ1) is 13.7. The van der Waals surface area contributed by atoms with Gasteiger partial charge in [0.25, 0.3) is 0 Å². The molecule has 0 atom stereocenters. The number of aromatic nitrogens is 3. The first-order valence-corrected chi connectivity index (χ1v) is 10.0.